The Hall–Kier alpha value is -1.62. The molecule has 2 rings (SSSR count). The van der Waals surface area contributed by atoms with Gasteiger partial charge in [0.1, 0.15) is 6.26 Å². The third kappa shape index (κ3) is 1.99. The molecule has 0 bridgehead atoms. The molecule has 0 atom stereocenters. The summed E-state index contributed by atoms with van der Waals surface area (Å²) >= 11 is 3.39. The van der Waals surface area contributed by atoms with Gasteiger partial charge in [0.15, 0.2) is 5.69 Å². The summed E-state index contributed by atoms with van der Waals surface area (Å²) in [5.74, 6) is -0.792. The Bertz CT molecular complexity index is 548. The van der Waals surface area contributed by atoms with Crippen LogP contribution in [0.1, 0.15) is 16.1 Å². The van der Waals surface area contributed by atoms with E-state index in [4.69, 9.17) is 9.52 Å². The lowest BCUT2D eigenvalue weighted by molar-refractivity contribution is 0.0690. The third-order valence-electron chi connectivity index (χ3n) is 2.14. The van der Waals surface area contributed by atoms with E-state index in [0.29, 0.717) is 5.89 Å². The molecular weight excluding hydrogens is 274 g/mol. The van der Waals surface area contributed by atoms with Gasteiger partial charge in [0.05, 0.1) is 0 Å². The Labute approximate surface area is 100 Å². The Morgan fingerprint density at radius 2 is 2.25 bits per heavy atom. The normalized spacial score (nSPS) is 10.4. The SMILES string of the molecule is Cc1ccc(-c2nc(C(=O)O)co2)cc1Br. The molecule has 0 radical (unpaired) electrons. The van der Waals surface area contributed by atoms with Crippen LogP contribution in [0.4, 0.5) is 0 Å². The maximum absolute atomic E-state index is 10.6. The average molecular weight is 282 g/mol. The van der Waals surface area contributed by atoms with E-state index in [-0.39, 0.29) is 5.69 Å². The molecule has 5 heteroatoms. The molecular formula is C11H8BrNO3. The largest absolute Gasteiger partial charge is 0.476 e. The smallest absolute Gasteiger partial charge is 0.357 e. The van der Waals surface area contributed by atoms with Crippen LogP contribution in [-0.4, -0.2) is 16.1 Å². The fourth-order valence-corrected chi connectivity index (χ4v) is 1.61. The van der Waals surface area contributed by atoms with Crippen LogP contribution >= 0.6 is 15.9 Å². The van der Waals surface area contributed by atoms with Gasteiger partial charge in [-0.05, 0) is 24.6 Å². The predicted octanol–water partition coefficient (Wildman–Crippen LogP) is 3.11. The highest BCUT2D eigenvalue weighted by Crippen LogP contribution is 2.25. The molecule has 0 amide bonds. The van der Waals surface area contributed by atoms with Gasteiger partial charge in [-0.2, -0.15) is 0 Å². The number of halogens is 1. The Morgan fingerprint density at radius 3 is 2.81 bits per heavy atom. The minimum absolute atomic E-state index is 0.0910. The number of carbonyl (C=O) groups is 1. The van der Waals surface area contributed by atoms with Gasteiger partial charge in [0.25, 0.3) is 0 Å². The number of carboxylic acids is 1. The first-order valence-corrected chi connectivity index (χ1v) is 5.32. The van der Waals surface area contributed by atoms with E-state index < -0.39 is 5.97 Å². The number of aromatic carboxylic acids is 1. The van der Waals surface area contributed by atoms with Crippen LogP contribution in [-0.2, 0) is 0 Å². The number of benzene rings is 1. The van der Waals surface area contributed by atoms with E-state index in [1.807, 2.05) is 25.1 Å². The van der Waals surface area contributed by atoms with Crippen LogP contribution in [0.15, 0.2) is 33.4 Å². The quantitative estimate of drug-likeness (QED) is 0.919. The first-order valence-electron chi connectivity index (χ1n) is 4.53. The van der Waals surface area contributed by atoms with Crippen molar-refractivity contribution in [3.05, 3.63) is 40.2 Å². The standard InChI is InChI=1S/C11H8BrNO3/c1-6-2-3-7(4-8(6)12)10-13-9(5-16-10)11(14)15/h2-5H,1H3,(H,14,15). The van der Waals surface area contributed by atoms with Gasteiger partial charge in [0, 0.05) is 10.0 Å². The van der Waals surface area contributed by atoms with Crippen molar-refractivity contribution < 1.29 is 14.3 Å². The summed E-state index contributed by atoms with van der Waals surface area (Å²) < 4.78 is 6.02. The van der Waals surface area contributed by atoms with Crippen molar-refractivity contribution in [2.45, 2.75) is 6.92 Å². The van der Waals surface area contributed by atoms with E-state index >= 15 is 0 Å². The minimum Gasteiger partial charge on any atom is -0.476 e. The van der Waals surface area contributed by atoms with Crippen molar-refractivity contribution in [3.8, 4) is 11.5 Å². The van der Waals surface area contributed by atoms with E-state index in [1.54, 1.807) is 0 Å². The van der Waals surface area contributed by atoms with Crippen molar-refractivity contribution in [1.82, 2.24) is 4.98 Å². The maximum atomic E-state index is 10.6. The van der Waals surface area contributed by atoms with E-state index in [9.17, 15) is 4.79 Å². The fraction of sp³-hybridized carbons (Fsp3) is 0.0909. The molecule has 0 aliphatic rings. The molecule has 0 spiro atoms. The Balaban J connectivity index is 2.42. The molecule has 0 saturated heterocycles. The van der Waals surface area contributed by atoms with Crippen LogP contribution in [0.25, 0.3) is 11.5 Å². The molecule has 2 aromatic rings. The molecule has 0 aliphatic heterocycles. The topological polar surface area (TPSA) is 63.3 Å². The lowest BCUT2D eigenvalue weighted by atomic mass is 10.1. The number of oxazole rings is 1. The number of hydrogen-bond donors (Lipinski definition) is 1. The molecule has 16 heavy (non-hydrogen) atoms. The van der Waals surface area contributed by atoms with Crippen molar-refractivity contribution in [3.63, 3.8) is 0 Å². The van der Waals surface area contributed by atoms with Gasteiger partial charge in [-0.3, -0.25) is 0 Å². The summed E-state index contributed by atoms with van der Waals surface area (Å²) in [7, 11) is 0. The fourth-order valence-electron chi connectivity index (χ4n) is 1.23. The zero-order chi connectivity index (χ0) is 11.7. The van der Waals surface area contributed by atoms with Crippen LogP contribution in [0, 0.1) is 6.92 Å². The van der Waals surface area contributed by atoms with Gasteiger partial charge in [-0.1, -0.05) is 22.0 Å². The average Bonchev–Trinajstić information content (AvgIpc) is 2.71. The molecule has 0 fully saturated rings. The second kappa shape index (κ2) is 4.09. The van der Waals surface area contributed by atoms with Crippen molar-refractivity contribution in [2.24, 2.45) is 0 Å². The lowest BCUT2D eigenvalue weighted by Gasteiger charge is -1.99. The predicted molar refractivity (Wildman–Crippen MR) is 61.3 cm³/mol. The molecule has 1 aromatic heterocycles. The van der Waals surface area contributed by atoms with E-state index in [1.165, 1.54) is 0 Å². The molecule has 0 aliphatic carbocycles. The van der Waals surface area contributed by atoms with Gasteiger partial charge in [-0.15, -0.1) is 0 Å². The molecule has 1 N–H and O–H groups in total. The maximum Gasteiger partial charge on any atom is 0.357 e. The third-order valence-corrected chi connectivity index (χ3v) is 3.00. The van der Waals surface area contributed by atoms with Crippen molar-refractivity contribution in [1.29, 1.82) is 0 Å². The van der Waals surface area contributed by atoms with Crippen LogP contribution in [0.5, 0.6) is 0 Å². The highest BCUT2D eigenvalue weighted by molar-refractivity contribution is 9.10. The zero-order valence-corrected chi connectivity index (χ0v) is 9.98. The lowest BCUT2D eigenvalue weighted by Crippen LogP contribution is -1.95. The summed E-state index contributed by atoms with van der Waals surface area (Å²) in [4.78, 5) is 14.5. The Kier molecular flexibility index (Phi) is 2.78. The summed E-state index contributed by atoms with van der Waals surface area (Å²) in [6.07, 6.45) is 1.13. The highest BCUT2D eigenvalue weighted by Gasteiger charge is 2.12. The number of rotatable bonds is 2. The number of aryl methyl sites for hydroxylation is 1. The Morgan fingerprint density at radius 1 is 1.50 bits per heavy atom. The van der Waals surface area contributed by atoms with Crippen LogP contribution in [0.3, 0.4) is 0 Å². The number of nitrogens with zero attached hydrogens (tertiary/aromatic N) is 1. The highest BCUT2D eigenvalue weighted by atomic mass is 79.9. The van der Waals surface area contributed by atoms with Gasteiger partial charge in [0.2, 0.25) is 5.89 Å². The summed E-state index contributed by atoms with van der Waals surface area (Å²) in [5, 5.41) is 8.71. The van der Waals surface area contributed by atoms with E-state index in [0.717, 1.165) is 21.9 Å². The second-order valence-electron chi connectivity index (χ2n) is 3.31. The molecule has 1 heterocycles. The first kappa shape index (κ1) is 10.9. The monoisotopic (exact) mass is 281 g/mol. The van der Waals surface area contributed by atoms with Gasteiger partial charge < -0.3 is 9.52 Å². The van der Waals surface area contributed by atoms with Crippen molar-refractivity contribution >= 4 is 21.9 Å². The molecule has 0 saturated carbocycles. The van der Waals surface area contributed by atoms with Crippen molar-refractivity contribution in [2.75, 3.05) is 0 Å². The first-order chi connectivity index (χ1) is 7.58. The van der Waals surface area contributed by atoms with E-state index in [2.05, 4.69) is 20.9 Å². The molecule has 82 valence electrons. The zero-order valence-electron chi connectivity index (χ0n) is 8.40. The summed E-state index contributed by atoms with van der Waals surface area (Å²) in [5.41, 5.74) is 1.74. The minimum atomic E-state index is -1.10. The number of hydrogen-bond acceptors (Lipinski definition) is 3. The van der Waals surface area contributed by atoms with Crippen LogP contribution in [0.2, 0.25) is 0 Å². The summed E-state index contributed by atoms with van der Waals surface area (Å²) in [6.45, 7) is 1.96. The molecule has 4 nitrogen and oxygen atoms in total. The number of carboxylic acid groups (broad SMARTS) is 1. The number of aromatic nitrogens is 1. The van der Waals surface area contributed by atoms with Gasteiger partial charge in [-0.25, -0.2) is 9.78 Å². The molecule has 0 unspecified atom stereocenters. The van der Waals surface area contributed by atoms with Crippen LogP contribution < -0.4 is 0 Å². The second-order valence-corrected chi connectivity index (χ2v) is 4.16. The molecule has 1 aromatic carbocycles. The summed E-state index contributed by atoms with van der Waals surface area (Å²) in [6, 6.07) is 5.58. The van der Waals surface area contributed by atoms with Gasteiger partial charge >= 0.3 is 5.97 Å².